The number of allylic oxidation sites excluding steroid dienone is 4. The summed E-state index contributed by atoms with van der Waals surface area (Å²) in [5.74, 6) is 0. The van der Waals surface area contributed by atoms with Crippen LogP contribution in [0.5, 0.6) is 0 Å². The summed E-state index contributed by atoms with van der Waals surface area (Å²) in [6.07, 6.45) is 3.58. The van der Waals surface area contributed by atoms with Crippen molar-refractivity contribution in [2.75, 3.05) is 14.1 Å². The molecule has 8 aromatic rings. The van der Waals surface area contributed by atoms with E-state index in [4.69, 9.17) is 0 Å². The van der Waals surface area contributed by atoms with E-state index in [-0.39, 0.29) is 42.1 Å². The van der Waals surface area contributed by atoms with E-state index >= 15 is 0 Å². The molecule has 0 bridgehead atoms. The summed E-state index contributed by atoms with van der Waals surface area (Å²) in [4.78, 5) is 0. The van der Waals surface area contributed by atoms with Crippen LogP contribution in [0.2, 0.25) is 0 Å². The van der Waals surface area contributed by atoms with Crippen molar-refractivity contribution in [3.63, 3.8) is 0 Å². The molecule has 0 spiro atoms. The smallest absolute Gasteiger partial charge is 0.581 e. The maximum Gasteiger partial charge on any atom is 2.00 e. The van der Waals surface area contributed by atoms with Gasteiger partial charge in [0.05, 0.1) is 10.8 Å². The first-order chi connectivity index (χ1) is 32.8. The zero-order valence-corrected chi connectivity index (χ0v) is 45.5. The Labute approximate surface area is 439 Å². The van der Waals surface area contributed by atoms with E-state index < -0.39 is 10.8 Å². The number of aryl methyl sites for hydroxylation is 4. The van der Waals surface area contributed by atoms with E-state index in [0.717, 1.165) is 45.3 Å². The van der Waals surface area contributed by atoms with Crippen molar-refractivity contribution in [3.05, 3.63) is 236 Å². The number of hydrogen-bond acceptors (Lipinski definition) is 2. The molecule has 2 aliphatic heterocycles. The molecule has 0 atom stereocenters. The number of aromatic nitrogens is 4. The number of rotatable bonds is 6. The van der Waals surface area contributed by atoms with Gasteiger partial charge in [0.25, 0.3) is 22.8 Å². The van der Waals surface area contributed by atoms with E-state index in [0.29, 0.717) is 0 Å². The van der Waals surface area contributed by atoms with E-state index in [2.05, 4.69) is 218 Å². The Morgan fingerprint density at radius 2 is 0.757 bits per heavy atom. The SMILES string of the molecule is CC1=C(C)[N+](c2[c-]c(C3(c4cc[n-]n4)c4cc(C)ccc4-c4ccc(C)cc43)ccc2)=C=[N+]1C.CC1=C(C)[N+](c2[c-]c(C3(c4cc[n-]n4)c4cc(C)ccc4-c4ccc(C)cc43)ccc2)=C=[N+]1C.[Pt+2].[Pt+2]. The van der Waals surface area contributed by atoms with E-state index in [1.807, 2.05) is 35.4 Å². The second-order valence-corrected chi connectivity index (χ2v) is 18.8. The summed E-state index contributed by atoms with van der Waals surface area (Å²) >= 11 is 0. The van der Waals surface area contributed by atoms with Crippen molar-refractivity contribution < 1.29 is 60.4 Å². The summed E-state index contributed by atoms with van der Waals surface area (Å²) < 4.78 is 8.24. The van der Waals surface area contributed by atoms with E-state index in [1.54, 1.807) is 12.4 Å². The summed E-state index contributed by atoms with van der Waals surface area (Å²) in [6, 6.07) is 58.2. The molecule has 0 fully saturated rings. The number of fused-ring (bicyclic) bond motifs is 6. The molecule has 0 saturated heterocycles. The fourth-order valence-corrected chi connectivity index (χ4v) is 10.9. The van der Waals surface area contributed by atoms with Gasteiger partial charge in [0.15, 0.2) is 14.1 Å². The molecule has 348 valence electrons. The molecule has 0 radical (unpaired) electrons. The van der Waals surface area contributed by atoms with Crippen molar-refractivity contribution >= 4 is 23.4 Å². The van der Waals surface area contributed by atoms with Gasteiger partial charge in [-0.2, -0.15) is 36.7 Å². The predicted octanol–water partition coefficient (Wildman–Crippen LogP) is 11.1. The Bertz CT molecular complexity index is 3310. The summed E-state index contributed by atoms with van der Waals surface area (Å²) in [5, 5.41) is 17.8. The minimum Gasteiger partial charge on any atom is -0.581 e. The van der Waals surface area contributed by atoms with Crippen molar-refractivity contribution in [1.82, 2.24) is 20.4 Å². The van der Waals surface area contributed by atoms with Crippen LogP contribution in [0, 0.1) is 39.8 Å². The zero-order valence-electron chi connectivity index (χ0n) is 40.9. The van der Waals surface area contributed by atoms with E-state index in [1.165, 1.54) is 78.2 Å². The molecule has 10 heteroatoms. The molecular weight excluding hydrogens is 1220 g/mol. The molecule has 0 N–H and O–H groups in total. The second kappa shape index (κ2) is 18.3. The Hall–Kier alpha value is -6.64. The molecule has 2 aliphatic carbocycles. The topological polar surface area (TPSA) is 66.0 Å². The van der Waals surface area contributed by atoms with Crippen molar-refractivity contribution in [1.29, 1.82) is 0 Å². The normalized spacial score (nSPS) is 15.3. The molecule has 8 nitrogen and oxygen atoms in total. The largest absolute Gasteiger partial charge is 2.00 e. The fraction of sp³-hybridized carbons (Fsp3) is 0.200. The van der Waals surface area contributed by atoms with Gasteiger partial charge < -0.3 is 20.4 Å². The van der Waals surface area contributed by atoms with Gasteiger partial charge in [-0.15, -0.1) is 23.3 Å². The molecule has 0 saturated carbocycles. The second-order valence-electron chi connectivity index (χ2n) is 18.8. The van der Waals surface area contributed by atoms with Crippen LogP contribution < -0.4 is 10.2 Å². The van der Waals surface area contributed by atoms with Crippen LogP contribution in [0.25, 0.3) is 22.3 Å². The number of nitrogens with zero attached hydrogens (tertiary/aromatic N) is 8. The standard InChI is InChI=1S/2C30H26N4.2Pt/c2*1-19-9-11-25-26-12-10-20(2)16-28(26)30(27(25)15-19,29-13-14-31-32-29)23-7-6-8-24(17-23)34-18-33(5)21(3)22(34)4;;/h2*6-16H,1-5H3;;/q;;2*+2. The van der Waals surface area contributed by atoms with Gasteiger partial charge in [0.2, 0.25) is 0 Å². The first-order valence-electron chi connectivity index (χ1n) is 23.2. The van der Waals surface area contributed by atoms with Gasteiger partial charge in [-0.25, -0.2) is 0 Å². The summed E-state index contributed by atoms with van der Waals surface area (Å²) in [7, 11) is 4.05. The summed E-state index contributed by atoms with van der Waals surface area (Å²) in [6.45, 7) is 17.1. The van der Waals surface area contributed by atoms with Gasteiger partial charge >= 0.3 is 54.1 Å². The average Bonchev–Trinajstić information content (AvgIpc) is 4.22. The van der Waals surface area contributed by atoms with Crippen LogP contribution in [-0.4, -0.2) is 54.6 Å². The predicted molar refractivity (Wildman–Crippen MR) is 265 cm³/mol. The average molecular weight is 1280 g/mol. The van der Waals surface area contributed by atoms with Crippen LogP contribution in [-0.2, 0) is 53.0 Å². The quantitative estimate of drug-likeness (QED) is 0.123. The molecule has 2 aromatic heterocycles. The van der Waals surface area contributed by atoms with Crippen molar-refractivity contribution in [3.8, 4) is 22.3 Å². The molecule has 70 heavy (non-hydrogen) atoms. The van der Waals surface area contributed by atoms with Gasteiger partial charge in [-0.05, 0) is 72.2 Å². The van der Waals surface area contributed by atoms with Crippen molar-refractivity contribution in [2.45, 2.75) is 66.2 Å². The number of benzene rings is 6. The van der Waals surface area contributed by atoms with Crippen LogP contribution in [0.4, 0.5) is 11.4 Å². The minimum atomic E-state index is -0.590. The van der Waals surface area contributed by atoms with Crippen LogP contribution in [0.3, 0.4) is 0 Å². The van der Waals surface area contributed by atoms with Crippen LogP contribution in [0.15, 0.2) is 157 Å². The molecule has 0 unspecified atom stereocenters. The molecule has 6 aromatic carbocycles. The maximum atomic E-state index is 4.65. The monoisotopic (exact) mass is 1270 g/mol. The first-order valence-corrected chi connectivity index (χ1v) is 23.2. The van der Waals surface area contributed by atoms with Crippen LogP contribution in [0.1, 0.15) is 94.7 Å². The van der Waals surface area contributed by atoms with Crippen molar-refractivity contribution in [2.24, 2.45) is 0 Å². The number of hydrogen-bond donors (Lipinski definition) is 0. The molecule has 4 aliphatic rings. The Balaban J connectivity index is 0.000000169. The third-order valence-corrected chi connectivity index (χ3v) is 14.7. The van der Waals surface area contributed by atoms with Gasteiger partial charge in [-0.3, -0.25) is 0 Å². The maximum absolute atomic E-state index is 4.65. The first kappa shape index (κ1) is 48.4. The Morgan fingerprint density at radius 1 is 0.429 bits per heavy atom. The minimum absolute atomic E-state index is 0. The van der Waals surface area contributed by atoms with Gasteiger partial charge in [0.1, 0.15) is 11.4 Å². The zero-order chi connectivity index (χ0) is 47.2. The third-order valence-electron chi connectivity index (χ3n) is 14.7. The van der Waals surface area contributed by atoms with Gasteiger partial charge in [0, 0.05) is 39.1 Å². The van der Waals surface area contributed by atoms with Crippen LogP contribution >= 0.6 is 0 Å². The molecule has 12 rings (SSSR count). The Morgan fingerprint density at radius 3 is 1.03 bits per heavy atom. The molecular formula is C60H52N8Pt2+4. The molecule has 0 amide bonds. The molecule has 4 heterocycles. The fourth-order valence-electron chi connectivity index (χ4n) is 10.9. The Kier molecular flexibility index (Phi) is 12.6. The van der Waals surface area contributed by atoms with E-state index in [9.17, 15) is 0 Å². The summed E-state index contributed by atoms with van der Waals surface area (Å²) in [5.41, 5.74) is 24.2. The third kappa shape index (κ3) is 7.27. The van der Waals surface area contributed by atoms with Gasteiger partial charge in [-0.1, -0.05) is 138 Å².